The van der Waals surface area contributed by atoms with Crippen LogP contribution in [0.25, 0.3) is 16.9 Å². The van der Waals surface area contributed by atoms with Crippen molar-refractivity contribution in [1.29, 1.82) is 0 Å². The molecule has 0 fully saturated rings. The highest BCUT2D eigenvalue weighted by molar-refractivity contribution is 6.30. The first-order valence-electron chi connectivity index (χ1n) is 11.7. The Kier molecular flexibility index (Phi) is 6.81. The summed E-state index contributed by atoms with van der Waals surface area (Å²) in [5.74, 6) is -0.0770. The lowest BCUT2D eigenvalue weighted by Gasteiger charge is -2.11. The second-order valence-electron chi connectivity index (χ2n) is 8.65. The van der Waals surface area contributed by atoms with Gasteiger partial charge in [-0.1, -0.05) is 35.9 Å². The number of rotatable bonds is 7. The molecule has 1 amide bonds. The number of ether oxygens (including phenoxy) is 1. The Labute approximate surface area is 221 Å². The average Bonchev–Trinajstić information content (AvgIpc) is 3.44. The van der Waals surface area contributed by atoms with Crippen LogP contribution in [0.1, 0.15) is 39.4 Å². The number of benzene rings is 2. The van der Waals surface area contributed by atoms with Gasteiger partial charge in [0.1, 0.15) is 17.0 Å². The van der Waals surface area contributed by atoms with Crippen LogP contribution in [-0.2, 0) is 6.54 Å². The van der Waals surface area contributed by atoms with E-state index in [1.807, 2.05) is 25.1 Å². The molecule has 0 aliphatic rings. The summed E-state index contributed by atoms with van der Waals surface area (Å²) in [6, 6.07) is 15.6. The number of nitrogens with zero attached hydrogens (tertiary/aromatic N) is 5. The molecule has 0 spiro atoms. The second kappa shape index (κ2) is 10.2. The van der Waals surface area contributed by atoms with Gasteiger partial charge in [-0.3, -0.25) is 9.48 Å². The number of alkyl halides is 2. The van der Waals surface area contributed by atoms with E-state index in [4.69, 9.17) is 16.3 Å². The van der Waals surface area contributed by atoms with Gasteiger partial charge in [0.25, 0.3) is 12.3 Å². The number of amides is 1. The molecule has 0 atom stereocenters. The third-order valence-electron chi connectivity index (χ3n) is 6.19. The van der Waals surface area contributed by atoms with E-state index in [9.17, 15) is 13.6 Å². The molecule has 2 aromatic carbocycles. The van der Waals surface area contributed by atoms with Crippen molar-refractivity contribution in [2.45, 2.75) is 26.8 Å². The van der Waals surface area contributed by atoms with Crippen molar-refractivity contribution in [3.63, 3.8) is 0 Å². The number of aromatic nitrogens is 5. The lowest BCUT2D eigenvalue weighted by Crippen LogP contribution is -2.14. The predicted molar refractivity (Wildman–Crippen MR) is 140 cm³/mol. The first kappa shape index (κ1) is 25.3. The average molecular weight is 537 g/mol. The summed E-state index contributed by atoms with van der Waals surface area (Å²) in [6.07, 6.45) is -1.62. The molecule has 3 aromatic heterocycles. The monoisotopic (exact) mass is 536 g/mol. The summed E-state index contributed by atoms with van der Waals surface area (Å²) >= 11 is 6.10. The van der Waals surface area contributed by atoms with Gasteiger partial charge in [-0.25, -0.2) is 18.3 Å². The van der Waals surface area contributed by atoms with Crippen molar-refractivity contribution in [3.8, 4) is 17.0 Å². The molecule has 5 aromatic rings. The van der Waals surface area contributed by atoms with Gasteiger partial charge in [0.15, 0.2) is 5.65 Å². The number of carbonyl (C=O) groups excluding carboxylic acids is 1. The number of aryl methyl sites for hydroxylation is 1. The van der Waals surface area contributed by atoms with Crippen LogP contribution in [0.15, 0.2) is 60.8 Å². The summed E-state index contributed by atoms with van der Waals surface area (Å²) in [4.78, 5) is 17.9. The van der Waals surface area contributed by atoms with Crippen LogP contribution in [0, 0.1) is 13.8 Å². The minimum atomic E-state index is -2.85. The second-order valence-corrected chi connectivity index (χ2v) is 9.08. The van der Waals surface area contributed by atoms with Crippen LogP contribution in [0.2, 0.25) is 5.02 Å². The Morgan fingerprint density at radius 3 is 2.66 bits per heavy atom. The number of nitrogens with one attached hydrogen (secondary N) is 1. The molecule has 0 radical (unpaired) electrons. The summed E-state index contributed by atoms with van der Waals surface area (Å²) < 4.78 is 36.1. The molecule has 0 bridgehead atoms. The molecule has 194 valence electrons. The quantitative estimate of drug-likeness (QED) is 0.271. The molecule has 0 aliphatic carbocycles. The molecular formula is C27H23ClF2N6O2. The predicted octanol–water partition coefficient (Wildman–Crippen LogP) is 6.11. The molecule has 0 saturated carbocycles. The molecule has 0 unspecified atom stereocenters. The molecule has 11 heteroatoms. The maximum Gasteiger partial charge on any atom is 0.280 e. The Balaban J connectivity index is 1.52. The fraction of sp³-hybridized carbons (Fsp3) is 0.185. The molecule has 38 heavy (non-hydrogen) atoms. The molecule has 1 N–H and O–H groups in total. The highest BCUT2D eigenvalue weighted by Gasteiger charge is 2.24. The van der Waals surface area contributed by atoms with Crippen LogP contribution in [0.3, 0.4) is 0 Å². The molecule has 8 nitrogen and oxygen atoms in total. The van der Waals surface area contributed by atoms with Gasteiger partial charge in [0.2, 0.25) is 0 Å². The van der Waals surface area contributed by atoms with Gasteiger partial charge < -0.3 is 10.1 Å². The lowest BCUT2D eigenvalue weighted by molar-refractivity contribution is 0.102. The smallest absolute Gasteiger partial charge is 0.280 e. The van der Waals surface area contributed by atoms with Crippen molar-refractivity contribution < 1.29 is 18.3 Å². The number of anilines is 1. The van der Waals surface area contributed by atoms with Crippen molar-refractivity contribution >= 4 is 28.8 Å². The van der Waals surface area contributed by atoms with Gasteiger partial charge in [-0.05, 0) is 49.7 Å². The fourth-order valence-electron chi connectivity index (χ4n) is 4.32. The van der Waals surface area contributed by atoms with E-state index >= 15 is 0 Å². The normalized spacial score (nSPS) is 11.3. The third kappa shape index (κ3) is 4.70. The van der Waals surface area contributed by atoms with Gasteiger partial charge >= 0.3 is 0 Å². The van der Waals surface area contributed by atoms with Crippen molar-refractivity contribution in [2.24, 2.45) is 0 Å². The van der Waals surface area contributed by atoms with E-state index in [1.54, 1.807) is 41.9 Å². The van der Waals surface area contributed by atoms with Crippen LogP contribution in [-0.4, -0.2) is 37.4 Å². The van der Waals surface area contributed by atoms with Crippen molar-refractivity contribution in [2.75, 3.05) is 12.4 Å². The molecule has 0 saturated heterocycles. The van der Waals surface area contributed by atoms with E-state index in [0.717, 1.165) is 15.8 Å². The largest absolute Gasteiger partial charge is 0.496 e. The number of methoxy groups -OCH3 is 1. The van der Waals surface area contributed by atoms with Gasteiger partial charge in [-0.2, -0.15) is 10.2 Å². The van der Waals surface area contributed by atoms with Crippen LogP contribution in [0.4, 0.5) is 14.5 Å². The van der Waals surface area contributed by atoms with E-state index in [2.05, 4.69) is 20.5 Å². The van der Waals surface area contributed by atoms with Crippen molar-refractivity contribution in [1.82, 2.24) is 24.4 Å². The SMILES string of the molecule is COc1ccccc1-c1cc(C(F)F)n2ncc(C(=O)Nc3c(C)nn(Cc4cccc(Cl)c4)c3C)c2n1. The molecular weight excluding hydrogens is 514 g/mol. The minimum Gasteiger partial charge on any atom is -0.496 e. The Bertz CT molecular complexity index is 1660. The Hall–Kier alpha value is -4.31. The topological polar surface area (TPSA) is 86.3 Å². The summed E-state index contributed by atoms with van der Waals surface area (Å²) in [5.41, 5.74) is 3.21. The zero-order chi connectivity index (χ0) is 27.0. The zero-order valence-electron chi connectivity index (χ0n) is 20.7. The Morgan fingerprint density at radius 1 is 1.13 bits per heavy atom. The number of fused-ring (bicyclic) bond motifs is 1. The fourth-order valence-corrected chi connectivity index (χ4v) is 4.53. The van der Waals surface area contributed by atoms with Gasteiger partial charge in [0, 0.05) is 10.6 Å². The van der Waals surface area contributed by atoms with E-state index in [0.29, 0.717) is 34.3 Å². The highest BCUT2D eigenvalue weighted by Crippen LogP contribution is 2.32. The van der Waals surface area contributed by atoms with E-state index in [-0.39, 0.29) is 16.9 Å². The van der Waals surface area contributed by atoms with Crippen molar-refractivity contribution in [3.05, 3.63) is 94.0 Å². The first-order chi connectivity index (χ1) is 18.3. The molecule has 0 aliphatic heterocycles. The number of carbonyl (C=O) groups is 1. The number of para-hydroxylation sites is 1. The standard InChI is InChI=1S/C27H23ClF2N6O2/c1-15-24(16(2)35(34-15)14-17-7-6-8-18(28)11-17)33-27(37)20-13-31-36-22(25(29)30)12-21(32-26(20)36)19-9-4-5-10-23(19)38-3/h4-13,25H,14H2,1-3H3,(H,33,37). The van der Waals surface area contributed by atoms with E-state index in [1.165, 1.54) is 19.4 Å². The summed E-state index contributed by atoms with van der Waals surface area (Å²) in [6.45, 7) is 4.07. The van der Waals surface area contributed by atoms with Crippen LogP contribution < -0.4 is 10.1 Å². The lowest BCUT2D eigenvalue weighted by atomic mass is 10.1. The highest BCUT2D eigenvalue weighted by atomic mass is 35.5. The maximum absolute atomic E-state index is 14.0. The number of hydrogen-bond donors (Lipinski definition) is 1. The first-order valence-corrected chi connectivity index (χ1v) is 12.0. The van der Waals surface area contributed by atoms with E-state index < -0.39 is 18.0 Å². The number of halogens is 3. The third-order valence-corrected chi connectivity index (χ3v) is 6.43. The van der Waals surface area contributed by atoms with Gasteiger partial charge in [-0.15, -0.1) is 0 Å². The van der Waals surface area contributed by atoms with Gasteiger partial charge in [0.05, 0.1) is 42.6 Å². The number of hydrogen-bond acceptors (Lipinski definition) is 5. The van der Waals surface area contributed by atoms with Crippen LogP contribution in [0.5, 0.6) is 5.75 Å². The Morgan fingerprint density at radius 2 is 1.92 bits per heavy atom. The molecule has 3 heterocycles. The van der Waals surface area contributed by atoms with Crippen LogP contribution >= 0.6 is 11.6 Å². The maximum atomic E-state index is 14.0. The molecule has 5 rings (SSSR count). The minimum absolute atomic E-state index is 0.00262. The zero-order valence-corrected chi connectivity index (χ0v) is 21.5. The summed E-state index contributed by atoms with van der Waals surface area (Å²) in [7, 11) is 1.49. The summed E-state index contributed by atoms with van der Waals surface area (Å²) in [5, 5.41) is 12.1.